The number of aromatic hydroxyl groups is 1. The average molecular weight is 591 g/mol. The molecule has 11 heteroatoms. The number of hydrogen-bond acceptors (Lipinski definition) is 8. The van der Waals surface area contributed by atoms with E-state index < -0.39 is 17.9 Å². The molecule has 2 heterocycles. The summed E-state index contributed by atoms with van der Waals surface area (Å²) in [7, 11) is 0. The summed E-state index contributed by atoms with van der Waals surface area (Å²) >= 11 is 0. The van der Waals surface area contributed by atoms with Crippen LogP contribution in [0, 0.1) is 6.92 Å². The minimum absolute atomic E-state index is 0.0489. The molecule has 6 rings (SSSR count). The Hall–Kier alpha value is -6.23. The summed E-state index contributed by atoms with van der Waals surface area (Å²) in [5.41, 5.74) is 1.58. The molecule has 0 spiro atoms. The van der Waals surface area contributed by atoms with Crippen molar-refractivity contribution in [1.82, 2.24) is 4.98 Å². The van der Waals surface area contributed by atoms with Gasteiger partial charge in [-0.3, -0.25) is 4.79 Å². The normalized spacial score (nSPS) is 11.2. The van der Waals surface area contributed by atoms with Crippen LogP contribution in [0.25, 0.3) is 44.3 Å². The highest BCUT2D eigenvalue weighted by atomic mass is 16.4. The first kappa shape index (κ1) is 27.9. The average Bonchev–Trinajstić information content (AvgIpc) is 2.99. The number of aryl methyl sites for hydroxylation is 1. The second kappa shape index (κ2) is 10.6. The van der Waals surface area contributed by atoms with Gasteiger partial charge in [0, 0.05) is 34.5 Å². The molecule has 0 radical (unpaired) electrons. The number of anilines is 1. The van der Waals surface area contributed by atoms with E-state index in [2.05, 4.69) is 10.3 Å². The maximum absolute atomic E-state index is 12.7. The summed E-state index contributed by atoms with van der Waals surface area (Å²) in [6.45, 7) is 1.55. The molecule has 0 atom stereocenters. The molecule has 2 aliphatic rings. The number of carboxylic acids is 3. The zero-order valence-electron chi connectivity index (χ0n) is 22.9. The summed E-state index contributed by atoms with van der Waals surface area (Å²) in [6.07, 6.45) is 0. The van der Waals surface area contributed by atoms with Crippen molar-refractivity contribution in [3.05, 3.63) is 111 Å². The summed E-state index contributed by atoms with van der Waals surface area (Å²) in [5, 5.41) is 44.3. The fraction of sp³-hybridized carbons (Fsp3) is 0.0606. The number of pyridine rings is 1. The van der Waals surface area contributed by atoms with Gasteiger partial charge >= 0.3 is 17.9 Å². The van der Waals surface area contributed by atoms with E-state index in [0.29, 0.717) is 38.7 Å². The highest BCUT2D eigenvalue weighted by molar-refractivity contribution is 6.09. The fourth-order valence-electron chi connectivity index (χ4n) is 5.26. The lowest BCUT2D eigenvalue weighted by Gasteiger charge is -2.20. The second-order valence-electron chi connectivity index (χ2n) is 10.1. The van der Waals surface area contributed by atoms with Crippen molar-refractivity contribution < 1.29 is 39.2 Å². The minimum Gasteiger partial charge on any atom is -0.507 e. The number of hydrogen-bond donors (Lipinski definition) is 5. The molecule has 0 bridgehead atoms. The van der Waals surface area contributed by atoms with Crippen LogP contribution < -0.4 is 10.7 Å². The number of phenols is 1. The third-order valence-electron chi connectivity index (χ3n) is 7.42. The van der Waals surface area contributed by atoms with Gasteiger partial charge in [-0.05, 0) is 66.6 Å². The monoisotopic (exact) mass is 590 g/mol. The molecule has 0 fully saturated rings. The van der Waals surface area contributed by atoms with E-state index in [0.717, 1.165) is 0 Å². The number of carbonyl (C=O) groups is 3. The van der Waals surface area contributed by atoms with Crippen LogP contribution in [0.5, 0.6) is 5.75 Å². The number of nitrogens with one attached hydrogen (secondary N) is 1. The van der Waals surface area contributed by atoms with Gasteiger partial charge in [0.2, 0.25) is 0 Å². The number of rotatable bonds is 7. The smallest absolute Gasteiger partial charge is 0.354 e. The lowest BCUT2D eigenvalue weighted by Crippen LogP contribution is -2.09. The summed E-state index contributed by atoms with van der Waals surface area (Å²) in [5.74, 6) is -3.81. The standard InChI is InChI=1S/C33H22N2O9/c1-15-11-21-27(13-26(15)37)44-30-19(28(21)20-12-17(31(38)39)5-7-18(20)32(40)41)8-10-25(36)22(30)14-34-23-4-2-3-16-6-9-24(33(42)43)35-29(16)23/h2-13,34,36H,14H2,1H3,(H,38,39)(H,40,41)(H,42,43). The number of fused-ring (bicyclic) bond motifs is 3. The van der Waals surface area contributed by atoms with Crippen LogP contribution in [-0.4, -0.2) is 43.3 Å². The van der Waals surface area contributed by atoms with E-state index in [-0.39, 0.29) is 57.0 Å². The van der Waals surface area contributed by atoms with Gasteiger partial charge in [0.15, 0.2) is 5.43 Å². The zero-order valence-corrected chi connectivity index (χ0v) is 22.9. The lowest BCUT2D eigenvalue weighted by atomic mass is 9.88. The lowest BCUT2D eigenvalue weighted by molar-refractivity contribution is 0.0682. The third kappa shape index (κ3) is 4.71. The quantitative estimate of drug-likeness (QED) is 0.141. The van der Waals surface area contributed by atoms with Gasteiger partial charge in [-0.15, -0.1) is 0 Å². The Labute approximate surface area is 247 Å². The van der Waals surface area contributed by atoms with Gasteiger partial charge < -0.3 is 30.2 Å². The summed E-state index contributed by atoms with van der Waals surface area (Å²) in [4.78, 5) is 52.6. The fourth-order valence-corrected chi connectivity index (χ4v) is 5.26. The Balaban J connectivity index is 1.61. The predicted molar refractivity (Wildman–Crippen MR) is 161 cm³/mol. The van der Waals surface area contributed by atoms with E-state index in [1.54, 1.807) is 37.3 Å². The molecule has 4 aromatic rings. The van der Waals surface area contributed by atoms with Crippen molar-refractivity contribution in [2.45, 2.75) is 13.5 Å². The van der Waals surface area contributed by atoms with Crippen molar-refractivity contribution in [3.63, 3.8) is 0 Å². The molecule has 0 unspecified atom stereocenters. The summed E-state index contributed by atoms with van der Waals surface area (Å²) in [6, 6.07) is 17.7. The SMILES string of the molecule is Cc1cc2c(-c3cc(C(=O)O)ccc3C(=O)O)c3ccc(O)c(CNc4cccc5ccc(C(=O)O)nc45)c3oc-2cc1=O. The number of carboxylic acid groups (broad SMARTS) is 3. The maximum Gasteiger partial charge on any atom is 0.354 e. The van der Waals surface area contributed by atoms with E-state index >= 15 is 0 Å². The largest absolute Gasteiger partial charge is 0.507 e. The van der Waals surface area contributed by atoms with Gasteiger partial charge in [-0.1, -0.05) is 18.2 Å². The van der Waals surface area contributed by atoms with Crippen molar-refractivity contribution in [2.75, 3.05) is 5.32 Å². The minimum atomic E-state index is -1.29. The summed E-state index contributed by atoms with van der Waals surface area (Å²) < 4.78 is 6.20. The Morgan fingerprint density at radius 3 is 2.39 bits per heavy atom. The Morgan fingerprint density at radius 1 is 0.864 bits per heavy atom. The Kier molecular flexibility index (Phi) is 6.70. The first-order valence-corrected chi connectivity index (χ1v) is 13.2. The molecule has 3 aromatic carbocycles. The van der Waals surface area contributed by atoms with E-state index in [9.17, 15) is 39.6 Å². The zero-order chi connectivity index (χ0) is 31.3. The molecular formula is C33H22N2O9. The molecule has 11 nitrogen and oxygen atoms in total. The highest BCUT2D eigenvalue weighted by Gasteiger charge is 2.25. The van der Waals surface area contributed by atoms with E-state index in [1.165, 1.54) is 42.5 Å². The Bertz CT molecular complexity index is 2220. The van der Waals surface area contributed by atoms with Crippen LogP contribution in [0.4, 0.5) is 5.69 Å². The highest BCUT2D eigenvalue weighted by Crippen LogP contribution is 2.44. The van der Waals surface area contributed by atoms with Crippen molar-refractivity contribution in [1.29, 1.82) is 0 Å². The van der Waals surface area contributed by atoms with Crippen molar-refractivity contribution in [2.24, 2.45) is 0 Å². The van der Waals surface area contributed by atoms with Crippen LogP contribution >= 0.6 is 0 Å². The molecule has 1 aromatic heterocycles. The molecule has 1 aliphatic heterocycles. The molecule has 44 heavy (non-hydrogen) atoms. The first-order valence-electron chi connectivity index (χ1n) is 13.2. The number of benzene rings is 4. The second-order valence-corrected chi connectivity index (χ2v) is 10.1. The van der Waals surface area contributed by atoms with Gasteiger partial charge in [0.25, 0.3) is 0 Å². The number of para-hydroxylation sites is 1. The van der Waals surface area contributed by atoms with Crippen LogP contribution in [0.15, 0.2) is 82.0 Å². The molecule has 5 N–H and O–H groups in total. The molecule has 0 saturated heterocycles. The van der Waals surface area contributed by atoms with Crippen LogP contribution in [0.3, 0.4) is 0 Å². The maximum atomic E-state index is 12.7. The van der Waals surface area contributed by atoms with Crippen LogP contribution in [0.1, 0.15) is 42.3 Å². The van der Waals surface area contributed by atoms with E-state index in [1.807, 2.05) is 0 Å². The first-order chi connectivity index (χ1) is 21.0. The van der Waals surface area contributed by atoms with Crippen LogP contribution in [-0.2, 0) is 6.54 Å². The van der Waals surface area contributed by atoms with Crippen molar-refractivity contribution >= 4 is 45.5 Å². The molecular weight excluding hydrogens is 568 g/mol. The third-order valence-corrected chi connectivity index (χ3v) is 7.42. The topological polar surface area (TPSA) is 187 Å². The number of aromatic carboxylic acids is 3. The van der Waals surface area contributed by atoms with Crippen molar-refractivity contribution in [3.8, 4) is 28.2 Å². The molecule has 0 amide bonds. The van der Waals surface area contributed by atoms with E-state index in [4.69, 9.17) is 4.42 Å². The molecule has 218 valence electrons. The van der Waals surface area contributed by atoms with Gasteiger partial charge in [0.1, 0.15) is 22.8 Å². The van der Waals surface area contributed by atoms with Gasteiger partial charge in [-0.25, -0.2) is 19.4 Å². The number of nitrogens with zero attached hydrogens (tertiary/aromatic N) is 1. The van der Waals surface area contributed by atoms with Crippen LogP contribution in [0.2, 0.25) is 0 Å². The Morgan fingerprint density at radius 2 is 1.66 bits per heavy atom. The van der Waals surface area contributed by atoms with Gasteiger partial charge in [0.05, 0.1) is 27.9 Å². The number of aromatic nitrogens is 1. The number of phenolic OH excluding ortho intramolecular Hbond substituents is 1. The molecule has 1 aliphatic carbocycles. The predicted octanol–water partition coefficient (Wildman–Crippen LogP) is 5.83. The molecule has 0 saturated carbocycles. The van der Waals surface area contributed by atoms with Gasteiger partial charge in [-0.2, -0.15) is 0 Å².